The predicted octanol–water partition coefficient (Wildman–Crippen LogP) is 2.02. The molecule has 1 aliphatic heterocycles. The summed E-state index contributed by atoms with van der Waals surface area (Å²) in [5.41, 5.74) is 0.226. The van der Waals surface area contributed by atoms with Crippen LogP contribution >= 0.6 is 0 Å². The van der Waals surface area contributed by atoms with E-state index in [2.05, 4.69) is 0 Å². The number of carbonyl (C=O) groups excluding carboxylic acids is 1. The normalized spacial score (nSPS) is 17.2. The fourth-order valence-corrected chi connectivity index (χ4v) is 2.38. The van der Waals surface area contributed by atoms with E-state index in [1.54, 1.807) is 31.2 Å². The topological polar surface area (TPSA) is 80.7 Å². The molecule has 6 heteroatoms. The Labute approximate surface area is 104 Å². The van der Waals surface area contributed by atoms with Crippen molar-refractivity contribution in [3.63, 3.8) is 0 Å². The maximum atomic E-state index is 11.6. The largest absolute Gasteiger partial charge is 0.422 e. The number of fused-ring (bicyclic) bond motifs is 1. The molecule has 1 aliphatic rings. The molecule has 1 N–H and O–H groups in total. The van der Waals surface area contributed by atoms with E-state index in [4.69, 9.17) is 9.29 Å². The van der Waals surface area contributed by atoms with Crippen LogP contribution in [0.5, 0.6) is 0 Å². The van der Waals surface area contributed by atoms with E-state index < -0.39 is 21.0 Å². The lowest BCUT2D eigenvalue weighted by Gasteiger charge is -2.00. The molecule has 0 aromatic heterocycles. The van der Waals surface area contributed by atoms with Gasteiger partial charge >= 0.3 is 5.97 Å². The Hall–Kier alpha value is -1.92. The number of hydrogen-bond donors (Lipinski definition) is 1. The Balaban J connectivity index is 2.70. The molecule has 1 aromatic rings. The van der Waals surface area contributed by atoms with Gasteiger partial charge in [0.15, 0.2) is 0 Å². The Morgan fingerprint density at radius 3 is 2.67 bits per heavy atom. The molecular formula is C12H10O5S. The third kappa shape index (κ3) is 2.07. The first-order valence-corrected chi connectivity index (χ1v) is 6.55. The van der Waals surface area contributed by atoms with Gasteiger partial charge in [0.2, 0.25) is 0 Å². The molecule has 0 fully saturated rings. The maximum Gasteiger partial charge on any atom is 0.345 e. The average molecular weight is 266 g/mol. The standard InChI is InChI=1S/C12H10O5S/c1-2-3-6-9-8-5-4-7-10(18(14,15)16)11(8)12(13)17-9/h2-7H,1H3,(H,14,15,16)/b3-2+,9-6-. The smallest absolute Gasteiger partial charge is 0.345 e. The Morgan fingerprint density at radius 2 is 2.06 bits per heavy atom. The van der Waals surface area contributed by atoms with Gasteiger partial charge < -0.3 is 4.74 Å². The summed E-state index contributed by atoms with van der Waals surface area (Å²) in [6.45, 7) is 1.79. The number of rotatable bonds is 2. The van der Waals surface area contributed by atoms with Crippen LogP contribution in [-0.4, -0.2) is 18.9 Å². The van der Waals surface area contributed by atoms with Crippen molar-refractivity contribution in [3.05, 3.63) is 47.6 Å². The van der Waals surface area contributed by atoms with Crippen LogP contribution in [0.1, 0.15) is 22.8 Å². The van der Waals surface area contributed by atoms with E-state index in [-0.39, 0.29) is 11.3 Å². The number of esters is 1. The zero-order chi connectivity index (χ0) is 13.3. The molecule has 5 nitrogen and oxygen atoms in total. The minimum atomic E-state index is -4.45. The van der Waals surface area contributed by atoms with Crippen molar-refractivity contribution in [2.75, 3.05) is 0 Å². The zero-order valence-electron chi connectivity index (χ0n) is 9.45. The highest BCUT2D eigenvalue weighted by Gasteiger charge is 2.32. The highest BCUT2D eigenvalue weighted by molar-refractivity contribution is 7.86. The van der Waals surface area contributed by atoms with E-state index in [1.165, 1.54) is 6.07 Å². The van der Waals surface area contributed by atoms with Crippen LogP contribution in [0.3, 0.4) is 0 Å². The molecule has 0 saturated heterocycles. The predicted molar refractivity (Wildman–Crippen MR) is 64.5 cm³/mol. The number of cyclic esters (lactones) is 1. The molecule has 1 aromatic carbocycles. The summed E-state index contributed by atoms with van der Waals surface area (Å²) in [5.74, 6) is -0.521. The Morgan fingerprint density at radius 1 is 1.33 bits per heavy atom. The molecule has 0 radical (unpaired) electrons. The number of hydrogen-bond acceptors (Lipinski definition) is 4. The van der Waals surface area contributed by atoms with Crippen molar-refractivity contribution in [2.24, 2.45) is 0 Å². The summed E-state index contributed by atoms with van der Waals surface area (Å²) in [6, 6.07) is 4.16. The fraction of sp³-hybridized carbons (Fsp3) is 0.0833. The van der Waals surface area contributed by atoms with Crippen molar-refractivity contribution in [1.82, 2.24) is 0 Å². The van der Waals surface area contributed by atoms with Crippen molar-refractivity contribution in [1.29, 1.82) is 0 Å². The van der Waals surface area contributed by atoms with Gasteiger partial charge in [-0.05, 0) is 19.1 Å². The average Bonchev–Trinajstić information content (AvgIpc) is 2.63. The van der Waals surface area contributed by atoms with Crippen LogP contribution in [0.2, 0.25) is 0 Å². The molecule has 0 bridgehead atoms. The third-order valence-electron chi connectivity index (χ3n) is 2.42. The van der Waals surface area contributed by atoms with Gasteiger partial charge in [0.25, 0.3) is 10.1 Å². The lowest BCUT2D eigenvalue weighted by atomic mass is 10.1. The van der Waals surface area contributed by atoms with Crippen LogP contribution < -0.4 is 0 Å². The molecule has 0 spiro atoms. The van der Waals surface area contributed by atoms with Crippen molar-refractivity contribution in [2.45, 2.75) is 11.8 Å². The van der Waals surface area contributed by atoms with Gasteiger partial charge in [-0.1, -0.05) is 24.3 Å². The maximum absolute atomic E-state index is 11.6. The van der Waals surface area contributed by atoms with Crippen LogP contribution in [0.15, 0.2) is 41.3 Å². The van der Waals surface area contributed by atoms with E-state index in [9.17, 15) is 13.2 Å². The molecule has 0 aliphatic carbocycles. The van der Waals surface area contributed by atoms with Crippen LogP contribution in [0.25, 0.3) is 5.76 Å². The second-order valence-electron chi connectivity index (χ2n) is 3.60. The summed E-state index contributed by atoms with van der Waals surface area (Å²) >= 11 is 0. The van der Waals surface area contributed by atoms with Gasteiger partial charge in [-0.25, -0.2) is 4.79 Å². The second kappa shape index (κ2) is 4.40. The zero-order valence-corrected chi connectivity index (χ0v) is 10.3. The Bertz CT molecular complexity index is 668. The van der Waals surface area contributed by atoms with E-state index in [0.717, 1.165) is 6.07 Å². The van der Waals surface area contributed by atoms with Gasteiger partial charge in [0, 0.05) is 5.56 Å². The molecule has 1 heterocycles. The summed E-state index contributed by atoms with van der Waals surface area (Å²) in [5, 5.41) is 0. The highest BCUT2D eigenvalue weighted by atomic mass is 32.2. The van der Waals surface area contributed by atoms with Gasteiger partial charge in [-0.15, -0.1) is 0 Å². The summed E-state index contributed by atoms with van der Waals surface area (Å²) in [7, 11) is -4.45. The summed E-state index contributed by atoms with van der Waals surface area (Å²) in [6.07, 6.45) is 4.96. The van der Waals surface area contributed by atoms with Crippen molar-refractivity contribution < 1.29 is 22.5 Å². The molecular weight excluding hydrogens is 256 g/mol. The van der Waals surface area contributed by atoms with E-state index >= 15 is 0 Å². The molecule has 0 saturated carbocycles. The molecule has 94 valence electrons. The number of carbonyl (C=O) groups is 1. The first kappa shape index (κ1) is 12.5. The second-order valence-corrected chi connectivity index (χ2v) is 4.99. The van der Waals surface area contributed by atoms with Gasteiger partial charge in [0.1, 0.15) is 10.7 Å². The minimum Gasteiger partial charge on any atom is -0.422 e. The molecule has 18 heavy (non-hydrogen) atoms. The van der Waals surface area contributed by atoms with E-state index in [1.807, 2.05) is 0 Å². The van der Waals surface area contributed by atoms with Gasteiger partial charge in [0.05, 0.1) is 5.56 Å². The monoisotopic (exact) mass is 266 g/mol. The van der Waals surface area contributed by atoms with E-state index in [0.29, 0.717) is 5.56 Å². The molecule has 2 rings (SSSR count). The first-order chi connectivity index (χ1) is 8.45. The Kier molecular flexibility index (Phi) is 3.06. The van der Waals surface area contributed by atoms with Gasteiger partial charge in [-0.3, -0.25) is 4.55 Å². The van der Waals surface area contributed by atoms with Crippen molar-refractivity contribution >= 4 is 21.8 Å². The van der Waals surface area contributed by atoms with Gasteiger partial charge in [-0.2, -0.15) is 8.42 Å². The molecule has 0 amide bonds. The SMILES string of the molecule is C/C=C/C=C1\OC(=O)c2c1cccc2S(=O)(=O)O. The number of benzene rings is 1. The number of allylic oxidation sites excluding steroid dienone is 3. The highest BCUT2D eigenvalue weighted by Crippen LogP contribution is 2.33. The van der Waals surface area contributed by atoms with Crippen LogP contribution in [-0.2, 0) is 14.9 Å². The lowest BCUT2D eigenvalue weighted by Crippen LogP contribution is -2.06. The van der Waals surface area contributed by atoms with Crippen LogP contribution in [0, 0.1) is 0 Å². The molecule has 0 atom stereocenters. The summed E-state index contributed by atoms with van der Waals surface area (Å²) in [4.78, 5) is 11.2. The number of ether oxygens (including phenoxy) is 1. The minimum absolute atomic E-state index is 0.129. The first-order valence-electron chi connectivity index (χ1n) is 5.11. The van der Waals surface area contributed by atoms with Crippen molar-refractivity contribution in [3.8, 4) is 0 Å². The third-order valence-corrected chi connectivity index (χ3v) is 3.31. The lowest BCUT2D eigenvalue weighted by molar-refractivity contribution is 0.0712. The van der Waals surface area contributed by atoms with Crippen LogP contribution in [0.4, 0.5) is 0 Å². The molecule has 0 unspecified atom stereocenters. The summed E-state index contributed by atoms with van der Waals surface area (Å²) < 4.78 is 36.4. The quantitative estimate of drug-likeness (QED) is 0.654. The fourth-order valence-electron chi connectivity index (χ4n) is 1.68.